The molecule has 4 heteroatoms. The second kappa shape index (κ2) is 9.37. The average molecular weight is 279 g/mol. The third kappa shape index (κ3) is 5.61. The van der Waals surface area contributed by atoms with Crippen LogP contribution in [0.1, 0.15) is 32.8 Å². The van der Waals surface area contributed by atoms with Crippen molar-refractivity contribution in [3.05, 3.63) is 29.8 Å². The molecule has 0 aliphatic heterocycles. The second-order valence-electron chi connectivity index (χ2n) is 4.50. The summed E-state index contributed by atoms with van der Waals surface area (Å²) in [5.41, 5.74) is 1.25. The van der Waals surface area contributed by atoms with E-state index in [0.29, 0.717) is 19.6 Å². The number of carbonyl (C=O) groups excluding carboxylic acids is 1. The molecule has 0 amide bonds. The monoisotopic (exact) mass is 279 g/mol. The van der Waals surface area contributed by atoms with Crippen LogP contribution in [0.2, 0.25) is 0 Å². The van der Waals surface area contributed by atoms with Gasteiger partial charge < -0.3 is 14.8 Å². The minimum Gasteiger partial charge on any atom is -0.494 e. The fourth-order valence-corrected chi connectivity index (χ4v) is 1.94. The van der Waals surface area contributed by atoms with Crippen molar-refractivity contribution in [2.75, 3.05) is 19.8 Å². The predicted octanol–water partition coefficient (Wildman–Crippen LogP) is 2.56. The maximum absolute atomic E-state index is 11.7. The first kappa shape index (κ1) is 16.5. The van der Waals surface area contributed by atoms with Crippen molar-refractivity contribution in [2.24, 2.45) is 0 Å². The van der Waals surface area contributed by atoms with Gasteiger partial charge in [-0.15, -0.1) is 0 Å². The highest BCUT2D eigenvalue weighted by molar-refractivity contribution is 5.75. The van der Waals surface area contributed by atoms with Gasteiger partial charge in [-0.25, -0.2) is 0 Å². The number of carbonyl (C=O) groups is 1. The molecule has 0 radical (unpaired) electrons. The number of aryl methyl sites for hydroxylation is 1. The van der Waals surface area contributed by atoms with Gasteiger partial charge in [-0.1, -0.05) is 26.0 Å². The second-order valence-corrected chi connectivity index (χ2v) is 4.50. The number of nitrogens with one attached hydrogen (secondary N) is 1. The van der Waals surface area contributed by atoms with Gasteiger partial charge in [0, 0.05) is 6.42 Å². The lowest BCUT2D eigenvalue weighted by Crippen LogP contribution is -2.39. The molecule has 0 bridgehead atoms. The van der Waals surface area contributed by atoms with Crippen LogP contribution in [0.4, 0.5) is 0 Å². The van der Waals surface area contributed by atoms with Gasteiger partial charge in [-0.3, -0.25) is 4.79 Å². The Bertz CT molecular complexity index is 406. The zero-order valence-electron chi connectivity index (χ0n) is 12.6. The number of hydrogen-bond acceptors (Lipinski definition) is 4. The van der Waals surface area contributed by atoms with Crippen molar-refractivity contribution in [3.63, 3.8) is 0 Å². The highest BCUT2D eigenvalue weighted by atomic mass is 16.5. The molecule has 0 saturated carbocycles. The van der Waals surface area contributed by atoms with Crippen molar-refractivity contribution in [1.82, 2.24) is 5.32 Å². The summed E-state index contributed by atoms with van der Waals surface area (Å²) in [5, 5.41) is 3.12. The fourth-order valence-electron chi connectivity index (χ4n) is 1.94. The molecule has 112 valence electrons. The highest BCUT2D eigenvalue weighted by Gasteiger charge is 2.18. The summed E-state index contributed by atoms with van der Waals surface area (Å²) < 4.78 is 10.7. The Morgan fingerprint density at radius 3 is 2.75 bits per heavy atom. The SMILES string of the molecule is CCNC(CCOc1cccc(CC)c1)C(=O)OCC. The van der Waals surface area contributed by atoms with Crippen molar-refractivity contribution in [3.8, 4) is 5.75 Å². The van der Waals surface area contributed by atoms with Crippen LogP contribution in [0.5, 0.6) is 5.75 Å². The van der Waals surface area contributed by atoms with Crippen molar-refractivity contribution < 1.29 is 14.3 Å². The summed E-state index contributed by atoms with van der Waals surface area (Å²) in [7, 11) is 0. The van der Waals surface area contributed by atoms with Crippen LogP contribution >= 0.6 is 0 Å². The quantitative estimate of drug-likeness (QED) is 0.706. The molecule has 1 aromatic carbocycles. The summed E-state index contributed by atoms with van der Waals surface area (Å²) in [6, 6.07) is 7.74. The van der Waals surface area contributed by atoms with Crippen LogP contribution in [0.15, 0.2) is 24.3 Å². The van der Waals surface area contributed by atoms with E-state index in [1.807, 2.05) is 32.0 Å². The topological polar surface area (TPSA) is 47.6 Å². The van der Waals surface area contributed by atoms with Crippen LogP contribution in [0, 0.1) is 0 Å². The van der Waals surface area contributed by atoms with E-state index in [2.05, 4.69) is 18.3 Å². The third-order valence-electron chi connectivity index (χ3n) is 3.00. The first-order valence-electron chi connectivity index (χ1n) is 7.33. The van der Waals surface area contributed by atoms with E-state index >= 15 is 0 Å². The van der Waals surface area contributed by atoms with Crippen molar-refractivity contribution in [1.29, 1.82) is 0 Å². The smallest absolute Gasteiger partial charge is 0.323 e. The molecule has 0 aliphatic rings. The number of likely N-dealkylation sites (N-methyl/N-ethyl adjacent to an activating group) is 1. The number of hydrogen-bond donors (Lipinski definition) is 1. The van der Waals surface area contributed by atoms with Crippen LogP contribution < -0.4 is 10.1 Å². The molecule has 0 aliphatic carbocycles. The first-order valence-corrected chi connectivity index (χ1v) is 7.33. The van der Waals surface area contributed by atoms with E-state index in [1.54, 1.807) is 0 Å². The molecule has 1 atom stereocenters. The van der Waals surface area contributed by atoms with Gasteiger partial charge >= 0.3 is 5.97 Å². The summed E-state index contributed by atoms with van der Waals surface area (Å²) in [6.45, 7) is 7.52. The summed E-state index contributed by atoms with van der Waals surface area (Å²) in [6.07, 6.45) is 1.59. The van der Waals surface area contributed by atoms with E-state index in [1.165, 1.54) is 5.56 Å². The normalized spacial score (nSPS) is 11.9. The minimum absolute atomic E-state index is 0.208. The molecule has 0 heterocycles. The first-order chi connectivity index (χ1) is 9.71. The Hall–Kier alpha value is -1.55. The molecule has 0 saturated heterocycles. The molecule has 0 aromatic heterocycles. The number of ether oxygens (including phenoxy) is 2. The Balaban J connectivity index is 2.44. The lowest BCUT2D eigenvalue weighted by Gasteiger charge is -2.16. The minimum atomic E-state index is -0.297. The van der Waals surface area contributed by atoms with Gasteiger partial charge in [0.15, 0.2) is 0 Å². The molecule has 1 N–H and O–H groups in total. The standard InChI is InChI=1S/C16H25NO3/c1-4-13-8-7-9-14(12-13)20-11-10-15(17-5-2)16(18)19-6-3/h7-9,12,15,17H,4-6,10-11H2,1-3H3. The molecule has 4 nitrogen and oxygen atoms in total. The molecule has 1 unspecified atom stereocenters. The predicted molar refractivity (Wildman–Crippen MR) is 80.0 cm³/mol. The third-order valence-corrected chi connectivity index (χ3v) is 3.00. The van der Waals surface area contributed by atoms with Gasteiger partial charge in [0.25, 0.3) is 0 Å². The van der Waals surface area contributed by atoms with E-state index < -0.39 is 0 Å². The fraction of sp³-hybridized carbons (Fsp3) is 0.562. The molecule has 0 spiro atoms. The van der Waals surface area contributed by atoms with E-state index in [-0.39, 0.29) is 12.0 Å². The number of esters is 1. The van der Waals surface area contributed by atoms with Crippen LogP contribution in [-0.2, 0) is 16.0 Å². The number of rotatable bonds is 9. The molecule has 0 fully saturated rings. The van der Waals surface area contributed by atoms with Gasteiger partial charge in [0.1, 0.15) is 11.8 Å². The van der Waals surface area contributed by atoms with Crippen molar-refractivity contribution in [2.45, 2.75) is 39.7 Å². The molecule has 1 aromatic rings. The largest absolute Gasteiger partial charge is 0.494 e. The average Bonchev–Trinajstić information content (AvgIpc) is 2.47. The van der Waals surface area contributed by atoms with Gasteiger partial charge in [0.05, 0.1) is 13.2 Å². The summed E-state index contributed by atoms with van der Waals surface area (Å²) in [5.74, 6) is 0.642. The lowest BCUT2D eigenvalue weighted by atomic mass is 10.1. The van der Waals surface area contributed by atoms with E-state index in [9.17, 15) is 4.79 Å². The lowest BCUT2D eigenvalue weighted by molar-refractivity contribution is -0.146. The summed E-state index contributed by atoms with van der Waals surface area (Å²) >= 11 is 0. The maximum Gasteiger partial charge on any atom is 0.323 e. The van der Waals surface area contributed by atoms with Crippen LogP contribution in [0.25, 0.3) is 0 Å². The van der Waals surface area contributed by atoms with E-state index in [4.69, 9.17) is 9.47 Å². The van der Waals surface area contributed by atoms with Gasteiger partial charge in [0.2, 0.25) is 0 Å². The Kier molecular flexibility index (Phi) is 7.73. The Morgan fingerprint density at radius 1 is 1.30 bits per heavy atom. The van der Waals surface area contributed by atoms with Gasteiger partial charge in [-0.2, -0.15) is 0 Å². The zero-order chi connectivity index (χ0) is 14.8. The number of benzene rings is 1. The van der Waals surface area contributed by atoms with Crippen LogP contribution in [0.3, 0.4) is 0 Å². The Morgan fingerprint density at radius 2 is 2.10 bits per heavy atom. The zero-order valence-corrected chi connectivity index (χ0v) is 12.6. The maximum atomic E-state index is 11.7. The summed E-state index contributed by atoms with van der Waals surface area (Å²) in [4.78, 5) is 11.7. The molecular formula is C16H25NO3. The van der Waals surface area contributed by atoms with Crippen LogP contribution in [-0.4, -0.2) is 31.8 Å². The molecule has 20 heavy (non-hydrogen) atoms. The molecular weight excluding hydrogens is 254 g/mol. The Labute approximate surface area is 121 Å². The van der Waals surface area contributed by atoms with Crippen molar-refractivity contribution >= 4 is 5.97 Å². The molecule has 1 rings (SSSR count). The van der Waals surface area contributed by atoms with Gasteiger partial charge in [-0.05, 0) is 37.6 Å². The highest BCUT2D eigenvalue weighted by Crippen LogP contribution is 2.14. The van der Waals surface area contributed by atoms with E-state index in [0.717, 1.165) is 18.7 Å².